The van der Waals surface area contributed by atoms with Gasteiger partial charge >= 0.3 is 0 Å². The maximum Gasteiger partial charge on any atom is 0.282 e. The Hall–Kier alpha value is -1.02. The van der Waals surface area contributed by atoms with Crippen molar-refractivity contribution in [3.05, 3.63) is 35.6 Å². The number of hydrogen-bond acceptors (Lipinski definition) is 3. The van der Waals surface area contributed by atoms with E-state index in [4.69, 9.17) is 0 Å². The highest BCUT2D eigenvalue weighted by atomic mass is 32.2. The molecule has 1 saturated carbocycles. The molecule has 23 heavy (non-hydrogen) atoms. The van der Waals surface area contributed by atoms with Crippen LogP contribution in [-0.4, -0.2) is 47.8 Å². The van der Waals surface area contributed by atoms with Crippen LogP contribution in [-0.2, 0) is 10.2 Å². The van der Waals surface area contributed by atoms with Crippen LogP contribution < -0.4 is 0 Å². The fraction of sp³-hybridized carbons (Fsp3) is 0.625. The van der Waals surface area contributed by atoms with E-state index in [2.05, 4.69) is 0 Å². The number of nitrogens with zero attached hydrogens (tertiary/aromatic N) is 2. The molecule has 0 aromatic heterocycles. The van der Waals surface area contributed by atoms with E-state index < -0.39 is 16.3 Å². The summed E-state index contributed by atoms with van der Waals surface area (Å²) >= 11 is 0. The molecule has 3 rings (SSSR count). The van der Waals surface area contributed by atoms with Crippen LogP contribution in [0.2, 0.25) is 0 Å². The van der Waals surface area contributed by atoms with Gasteiger partial charge in [-0.1, -0.05) is 18.6 Å². The Morgan fingerprint density at radius 2 is 1.78 bits per heavy atom. The second-order valence-corrected chi connectivity index (χ2v) is 8.22. The lowest BCUT2D eigenvalue weighted by Gasteiger charge is -2.33. The number of piperidine rings is 1. The van der Waals surface area contributed by atoms with E-state index in [9.17, 15) is 17.9 Å². The average molecular weight is 342 g/mol. The van der Waals surface area contributed by atoms with Crippen LogP contribution in [0.4, 0.5) is 4.39 Å². The molecule has 1 aromatic carbocycles. The van der Waals surface area contributed by atoms with E-state index in [0.29, 0.717) is 18.7 Å². The molecule has 7 heteroatoms. The van der Waals surface area contributed by atoms with Crippen LogP contribution in [0.15, 0.2) is 24.3 Å². The van der Waals surface area contributed by atoms with Crippen LogP contribution in [0, 0.1) is 5.82 Å². The molecule has 1 saturated heterocycles. The number of aliphatic hydroxyl groups is 1. The molecular formula is C16H23FN2O3S. The molecule has 1 aliphatic heterocycles. The molecule has 1 atom stereocenters. The summed E-state index contributed by atoms with van der Waals surface area (Å²) in [6, 6.07) is 5.53. The molecule has 1 aliphatic carbocycles. The number of rotatable bonds is 6. The highest BCUT2D eigenvalue weighted by Gasteiger charge is 2.41. The summed E-state index contributed by atoms with van der Waals surface area (Å²) in [6.07, 6.45) is 3.56. The third kappa shape index (κ3) is 3.91. The van der Waals surface area contributed by atoms with Gasteiger partial charge in [-0.25, -0.2) is 4.39 Å². The minimum absolute atomic E-state index is 0.0166. The van der Waals surface area contributed by atoms with E-state index in [-0.39, 0.29) is 18.4 Å². The van der Waals surface area contributed by atoms with Crippen molar-refractivity contribution in [2.24, 2.45) is 0 Å². The van der Waals surface area contributed by atoms with E-state index >= 15 is 0 Å². The zero-order valence-electron chi connectivity index (χ0n) is 13.1. The first-order valence-electron chi connectivity index (χ1n) is 8.19. The molecule has 0 radical (unpaired) electrons. The first-order valence-corrected chi connectivity index (χ1v) is 9.58. The van der Waals surface area contributed by atoms with Gasteiger partial charge in [-0.15, -0.1) is 0 Å². The summed E-state index contributed by atoms with van der Waals surface area (Å²) in [7, 11) is -3.54. The molecule has 1 aromatic rings. The largest absolute Gasteiger partial charge is 0.387 e. The van der Waals surface area contributed by atoms with E-state index in [1.165, 1.54) is 32.9 Å². The fourth-order valence-corrected chi connectivity index (χ4v) is 4.93. The van der Waals surface area contributed by atoms with Gasteiger partial charge in [0, 0.05) is 25.7 Å². The lowest BCUT2D eigenvalue weighted by molar-refractivity contribution is 0.141. The molecule has 0 unspecified atom stereocenters. The smallest absolute Gasteiger partial charge is 0.282 e. The standard InChI is InChI=1S/C16H23FN2O3S/c17-14-6-4-13(5-7-14)16(20)12-19(15-8-9-15)23(21,22)18-10-2-1-3-11-18/h4-7,15-16,20H,1-3,8-12H2/t16-/m1/s1. The highest BCUT2D eigenvalue weighted by molar-refractivity contribution is 7.86. The van der Waals surface area contributed by atoms with Crippen molar-refractivity contribution < 1.29 is 17.9 Å². The Morgan fingerprint density at radius 1 is 1.17 bits per heavy atom. The third-order valence-electron chi connectivity index (χ3n) is 4.50. The van der Waals surface area contributed by atoms with Crippen LogP contribution in [0.5, 0.6) is 0 Å². The maximum atomic E-state index is 13.0. The van der Waals surface area contributed by atoms with Crippen molar-refractivity contribution >= 4 is 10.2 Å². The third-order valence-corrected chi connectivity index (χ3v) is 6.56. The Morgan fingerprint density at radius 3 is 2.35 bits per heavy atom. The predicted octanol–water partition coefficient (Wildman–Crippen LogP) is 2.05. The van der Waals surface area contributed by atoms with E-state index in [1.54, 1.807) is 0 Å². The molecule has 2 fully saturated rings. The summed E-state index contributed by atoms with van der Waals surface area (Å²) in [6.45, 7) is 1.13. The van der Waals surface area contributed by atoms with E-state index in [0.717, 1.165) is 32.1 Å². The lowest BCUT2D eigenvalue weighted by atomic mass is 10.1. The number of aliphatic hydroxyl groups excluding tert-OH is 1. The SMILES string of the molecule is O=S(=O)(N1CCCCC1)N(C[C@@H](O)c1ccc(F)cc1)C1CC1. The van der Waals surface area contributed by atoms with Crippen LogP contribution in [0.25, 0.3) is 0 Å². The number of hydrogen-bond donors (Lipinski definition) is 1. The van der Waals surface area contributed by atoms with Crippen LogP contribution >= 0.6 is 0 Å². The molecule has 5 nitrogen and oxygen atoms in total. The van der Waals surface area contributed by atoms with Gasteiger partial charge in [0.15, 0.2) is 0 Å². The molecule has 1 heterocycles. The van der Waals surface area contributed by atoms with Gasteiger partial charge in [-0.2, -0.15) is 17.0 Å². The molecular weight excluding hydrogens is 319 g/mol. The quantitative estimate of drug-likeness (QED) is 0.861. The monoisotopic (exact) mass is 342 g/mol. The summed E-state index contributed by atoms with van der Waals surface area (Å²) in [5.41, 5.74) is 0.533. The topological polar surface area (TPSA) is 60.9 Å². The summed E-state index contributed by atoms with van der Waals surface area (Å²) in [5.74, 6) is -0.374. The van der Waals surface area contributed by atoms with Gasteiger partial charge in [0.1, 0.15) is 5.82 Å². The normalized spacial score (nSPS) is 21.5. The summed E-state index contributed by atoms with van der Waals surface area (Å²) in [4.78, 5) is 0. The summed E-state index contributed by atoms with van der Waals surface area (Å²) in [5, 5.41) is 10.4. The van der Waals surface area contributed by atoms with Crippen molar-refractivity contribution in [2.45, 2.75) is 44.2 Å². The van der Waals surface area contributed by atoms with Gasteiger partial charge in [0.25, 0.3) is 10.2 Å². The Balaban J connectivity index is 1.74. The molecule has 128 valence electrons. The Labute approximate surface area is 136 Å². The van der Waals surface area contributed by atoms with Gasteiger partial charge < -0.3 is 5.11 Å². The summed E-state index contributed by atoms with van der Waals surface area (Å²) < 4.78 is 41.7. The molecule has 2 aliphatic rings. The second kappa shape index (κ2) is 6.84. The zero-order chi connectivity index (χ0) is 16.4. The minimum Gasteiger partial charge on any atom is -0.387 e. The minimum atomic E-state index is -3.54. The second-order valence-electron chi connectivity index (χ2n) is 6.34. The average Bonchev–Trinajstić information content (AvgIpc) is 3.38. The van der Waals surface area contributed by atoms with Gasteiger partial charge in [-0.05, 0) is 43.4 Å². The molecule has 1 N–H and O–H groups in total. The lowest BCUT2D eigenvalue weighted by Crippen LogP contribution is -2.48. The Kier molecular flexibility index (Phi) is 5.01. The van der Waals surface area contributed by atoms with E-state index in [1.807, 2.05) is 0 Å². The van der Waals surface area contributed by atoms with Gasteiger partial charge in [0.2, 0.25) is 0 Å². The zero-order valence-corrected chi connectivity index (χ0v) is 13.9. The number of benzene rings is 1. The van der Waals surface area contributed by atoms with Crippen molar-refractivity contribution in [3.8, 4) is 0 Å². The number of halogens is 1. The molecule has 0 spiro atoms. The Bertz CT molecular complexity index is 625. The van der Waals surface area contributed by atoms with Gasteiger partial charge in [-0.3, -0.25) is 0 Å². The van der Waals surface area contributed by atoms with Gasteiger partial charge in [0.05, 0.1) is 6.10 Å². The first kappa shape index (κ1) is 16.8. The van der Waals surface area contributed by atoms with Crippen molar-refractivity contribution in [1.82, 2.24) is 8.61 Å². The molecule has 0 amide bonds. The van der Waals surface area contributed by atoms with Crippen LogP contribution in [0.1, 0.15) is 43.8 Å². The maximum absolute atomic E-state index is 13.0. The predicted molar refractivity (Wildman–Crippen MR) is 85.4 cm³/mol. The highest BCUT2D eigenvalue weighted by Crippen LogP contribution is 2.33. The van der Waals surface area contributed by atoms with Crippen molar-refractivity contribution in [3.63, 3.8) is 0 Å². The fourth-order valence-electron chi connectivity index (χ4n) is 3.00. The van der Waals surface area contributed by atoms with Crippen LogP contribution in [0.3, 0.4) is 0 Å². The first-order chi connectivity index (χ1) is 11.0. The van der Waals surface area contributed by atoms with Crippen molar-refractivity contribution in [1.29, 1.82) is 0 Å². The molecule has 0 bridgehead atoms. The van der Waals surface area contributed by atoms with Crippen molar-refractivity contribution in [2.75, 3.05) is 19.6 Å².